The standard InChI is InChI=1S/C23H28N2O5S/c1-15-13-16(2)21(17(3)14-15)31(28,29)25-11-9-19(10-12-25)23(27)30-20(22(24)26)18-7-5-4-6-8-18/h4-8,13-14,19-20H,9-12H2,1-3H3,(H2,24,26). The van der Waals surface area contributed by atoms with Crippen molar-refractivity contribution in [2.45, 2.75) is 44.6 Å². The molecule has 2 N–H and O–H groups in total. The van der Waals surface area contributed by atoms with E-state index in [1.807, 2.05) is 19.1 Å². The highest BCUT2D eigenvalue weighted by Crippen LogP contribution is 2.30. The Kier molecular flexibility index (Phi) is 6.81. The molecule has 1 atom stereocenters. The predicted octanol–water partition coefficient (Wildman–Crippen LogP) is 2.78. The Hall–Kier alpha value is -2.71. The third-order valence-electron chi connectivity index (χ3n) is 5.58. The molecule has 1 saturated heterocycles. The van der Waals surface area contributed by atoms with E-state index in [0.29, 0.717) is 34.4 Å². The predicted molar refractivity (Wildman–Crippen MR) is 117 cm³/mol. The molecule has 1 fully saturated rings. The van der Waals surface area contributed by atoms with Crippen LogP contribution >= 0.6 is 0 Å². The summed E-state index contributed by atoms with van der Waals surface area (Å²) in [5.74, 6) is -1.77. The molecule has 1 aliphatic heterocycles. The van der Waals surface area contributed by atoms with Crippen LogP contribution in [-0.2, 0) is 24.3 Å². The number of carbonyl (C=O) groups excluding carboxylic acids is 2. The van der Waals surface area contributed by atoms with Crippen molar-refractivity contribution in [3.05, 3.63) is 64.7 Å². The second kappa shape index (κ2) is 9.20. The highest BCUT2D eigenvalue weighted by molar-refractivity contribution is 7.89. The van der Waals surface area contributed by atoms with Gasteiger partial charge in [0.15, 0.2) is 0 Å². The van der Waals surface area contributed by atoms with Crippen LogP contribution in [0.4, 0.5) is 0 Å². The van der Waals surface area contributed by atoms with Gasteiger partial charge in [-0.2, -0.15) is 4.31 Å². The van der Waals surface area contributed by atoms with Crippen LogP contribution in [0.15, 0.2) is 47.4 Å². The molecule has 0 radical (unpaired) electrons. The minimum atomic E-state index is -3.66. The van der Waals surface area contributed by atoms with Crippen molar-refractivity contribution in [3.8, 4) is 0 Å². The van der Waals surface area contributed by atoms with Crippen molar-refractivity contribution in [3.63, 3.8) is 0 Å². The number of piperidine rings is 1. The SMILES string of the molecule is Cc1cc(C)c(S(=O)(=O)N2CCC(C(=O)OC(C(N)=O)c3ccccc3)CC2)c(C)c1. The maximum atomic E-state index is 13.2. The number of esters is 1. The number of benzene rings is 2. The topological polar surface area (TPSA) is 107 Å². The van der Waals surface area contributed by atoms with Gasteiger partial charge < -0.3 is 10.5 Å². The molecule has 2 aromatic carbocycles. The maximum absolute atomic E-state index is 13.2. The molecular weight excluding hydrogens is 416 g/mol. The zero-order valence-electron chi connectivity index (χ0n) is 18.0. The van der Waals surface area contributed by atoms with Crippen molar-refractivity contribution < 1.29 is 22.7 Å². The molecule has 1 aliphatic rings. The average molecular weight is 445 g/mol. The zero-order chi connectivity index (χ0) is 22.8. The van der Waals surface area contributed by atoms with Crippen molar-refractivity contribution in [1.29, 1.82) is 0 Å². The van der Waals surface area contributed by atoms with E-state index in [1.165, 1.54) is 4.31 Å². The number of amides is 1. The van der Waals surface area contributed by atoms with Crippen molar-refractivity contribution in [2.24, 2.45) is 11.7 Å². The molecule has 0 aromatic heterocycles. The normalized spacial score (nSPS) is 16.6. The fourth-order valence-electron chi connectivity index (χ4n) is 4.17. The molecule has 3 rings (SSSR count). The number of primary amides is 1. The van der Waals surface area contributed by atoms with Crippen molar-refractivity contribution in [1.82, 2.24) is 4.31 Å². The van der Waals surface area contributed by atoms with Gasteiger partial charge in [-0.3, -0.25) is 9.59 Å². The second-order valence-electron chi connectivity index (χ2n) is 8.04. The van der Waals surface area contributed by atoms with Gasteiger partial charge in [0.2, 0.25) is 16.1 Å². The number of nitrogens with zero attached hydrogens (tertiary/aromatic N) is 1. The van der Waals surface area contributed by atoms with E-state index < -0.39 is 33.9 Å². The molecule has 1 heterocycles. The highest BCUT2D eigenvalue weighted by atomic mass is 32.2. The van der Waals surface area contributed by atoms with Gasteiger partial charge >= 0.3 is 5.97 Å². The largest absolute Gasteiger partial charge is 0.447 e. The first-order valence-corrected chi connectivity index (χ1v) is 11.7. The Bertz CT molecular complexity index is 1050. The third kappa shape index (κ3) is 4.97. The summed E-state index contributed by atoms with van der Waals surface area (Å²) in [6.07, 6.45) is -0.516. The van der Waals surface area contributed by atoms with Gasteiger partial charge in [0.1, 0.15) is 0 Å². The van der Waals surface area contributed by atoms with Gasteiger partial charge in [0, 0.05) is 18.7 Å². The third-order valence-corrected chi connectivity index (χ3v) is 7.79. The van der Waals surface area contributed by atoms with E-state index >= 15 is 0 Å². The van der Waals surface area contributed by atoms with Crippen LogP contribution in [0, 0.1) is 26.7 Å². The number of ether oxygens (including phenoxy) is 1. The lowest BCUT2D eigenvalue weighted by molar-refractivity contribution is -0.160. The van der Waals surface area contributed by atoms with E-state index in [4.69, 9.17) is 10.5 Å². The van der Waals surface area contributed by atoms with E-state index in [0.717, 1.165) is 5.56 Å². The Labute approximate surface area is 183 Å². The van der Waals surface area contributed by atoms with E-state index in [-0.39, 0.29) is 13.1 Å². The van der Waals surface area contributed by atoms with Crippen molar-refractivity contribution >= 4 is 21.9 Å². The fraction of sp³-hybridized carbons (Fsp3) is 0.391. The minimum Gasteiger partial charge on any atom is -0.447 e. The molecular formula is C23H28N2O5S. The number of hydrogen-bond donors (Lipinski definition) is 1. The molecule has 1 amide bonds. The molecule has 0 spiro atoms. The Morgan fingerprint density at radius 2 is 1.58 bits per heavy atom. The Morgan fingerprint density at radius 1 is 1.03 bits per heavy atom. The smallest absolute Gasteiger partial charge is 0.310 e. The van der Waals surface area contributed by atoms with Gasteiger partial charge in [0.25, 0.3) is 5.91 Å². The van der Waals surface area contributed by atoms with Gasteiger partial charge in [-0.05, 0) is 44.7 Å². The van der Waals surface area contributed by atoms with E-state index in [1.54, 1.807) is 44.2 Å². The Balaban J connectivity index is 1.69. The molecule has 0 bridgehead atoms. The number of sulfonamides is 1. The lowest BCUT2D eigenvalue weighted by atomic mass is 9.98. The molecule has 2 aromatic rings. The Morgan fingerprint density at radius 3 is 2.10 bits per heavy atom. The summed E-state index contributed by atoms with van der Waals surface area (Å²) in [7, 11) is -3.66. The van der Waals surface area contributed by atoms with Crippen LogP contribution in [0.5, 0.6) is 0 Å². The average Bonchev–Trinajstić information content (AvgIpc) is 2.71. The zero-order valence-corrected chi connectivity index (χ0v) is 18.8. The van der Waals surface area contributed by atoms with Crippen LogP contribution in [0.1, 0.15) is 41.2 Å². The highest BCUT2D eigenvalue weighted by Gasteiger charge is 2.35. The molecule has 7 nitrogen and oxygen atoms in total. The number of hydrogen-bond acceptors (Lipinski definition) is 5. The summed E-state index contributed by atoms with van der Waals surface area (Å²) in [4.78, 5) is 24.8. The van der Waals surface area contributed by atoms with E-state index in [2.05, 4.69) is 0 Å². The summed E-state index contributed by atoms with van der Waals surface area (Å²) in [6, 6.07) is 12.3. The summed E-state index contributed by atoms with van der Waals surface area (Å²) in [6.45, 7) is 5.94. The molecule has 1 unspecified atom stereocenters. The van der Waals surface area contributed by atoms with Gasteiger partial charge in [-0.15, -0.1) is 0 Å². The van der Waals surface area contributed by atoms with Crippen molar-refractivity contribution in [2.75, 3.05) is 13.1 Å². The van der Waals surface area contributed by atoms with Crippen LogP contribution in [0.25, 0.3) is 0 Å². The van der Waals surface area contributed by atoms with Crippen LogP contribution in [0.3, 0.4) is 0 Å². The molecule has 8 heteroatoms. The number of rotatable bonds is 6. The maximum Gasteiger partial charge on any atom is 0.310 e. The van der Waals surface area contributed by atoms with Crippen LogP contribution < -0.4 is 5.73 Å². The molecule has 0 saturated carbocycles. The lowest BCUT2D eigenvalue weighted by Gasteiger charge is -2.31. The van der Waals surface area contributed by atoms with E-state index in [9.17, 15) is 18.0 Å². The first kappa shape index (κ1) is 23.0. The number of carbonyl (C=O) groups is 2. The lowest BCUT2D eigenvalue weighted by Crippen LogP contribution is -2.41. The van der Waals surface area contributed by atoms with Crippen LogP contribution in [-0.4, -0.2) is 37.7 Å². The number of nitrogens with two attached hydrogens (primary N) is 1. The van der Waals surface area contributed by atoms with Gasteiger partial charge in [-0.1, -0.05) is 48.0 Å². The summed E-state index contributed by atoms with van der Waals surface area (Å²) < 4.78 is 33.3. The number of aryl methyl sites for hydroxylation is 3. The first-order valence-electron chi connectivity index (χ1n) is 10.2. The molecule has 0 aliphatic carbocycles. The second-order valence-corrected chi connectivity index (χ2v) is 9.91. The first-order chi connectivity index (χ1) is 14.6. The summed E-state index contributed by atoms with van der Waals surface area (Å²) in [5, 5.41) is 0. The minimum absolute atomic E-state index is 0.210. The fourth-order valence-corrected chi connectivity index (χ4v) is 6.05. The summed E-state index contributed by atoms with van der Waals surface area (Å²) in [5.41, 5.74) is 8.37. The quantitative estimate of drug-likeness (QED) is 0.690. The molecule has 166 valence electrons. The monoisotopic (exact) mass is 444 g/mol. The van der Waals surface area contributed by atoms with Gasteiger partial charge in [-0.25, -0.2) is 8.42 Å². The summed E-state index contributed by atoms with van der Waals surface area (Å²) >= 11 is 0. The molecule has 31 heavy (non-hydrogen) atoms. The van der Waals surface area contributed by atoms with Crippen LogP contribution in [0.2, 0.25) is 0 Å². The van der Waals surface area contributed by atoms with Gasteiger partial charge in [0.05, 0.1) is 10.8 Å².